The topological polar surface area (TPSA) is 20.2 Å². The minimum absolute atomic E-state index is 0.0908. The van der Waals surface area contributed by atoms with Gasteiger partial charge < -0.3 is 5.11 Å². The molecular weight excluding hydrogens is 163 g/mol. The lowest BCUT2D eigenvalue weighted by atomic mass is 10.2. The van der Waals surface area contributed by atoms with Crippen molar-refractivity contribution >= 4 is 16.4 Å². The van der Waals surface area contributed by atoms with E-state index in [1.54, 1.807) is 24.3 Å². The van der Waals surface area contributed by atoms with Crippen LogP contribution in [0.25, 0.3) is 0 Å². The Kier molecular flexibility index (Phi) is 3.26. The van der Waals surface area contributed by atoms with Crippen molar-refractivity contribution in [3.05, 3.63) is 35.9 Å². The minimum atomic E-state index is -0.541. The Balaban J connectivity index is 2.85. The third kappa shape index (κ3) is 2.44. The molecule has 0 bridgehead atoms. The summed E-state index contributed by atoms with van der Waals surface area (Å²) in [6, 6.07) is 8.42. The molecule has 0 atom stereocenters. The molecule has 0 fully saturated rings. The Hall–Kier alpha value is -0.670. The van der Waals surface area contributed by atoms with Gasteiger partial charge in [0, 0.05) is 5.56 Å². The Labute approximate surface area is 68.4 Å². The number of hydrogen-bond acceptors (Lipinski definition) is 0. The number of thiol groups is 1. The van der Waals surface area contributed by atoms with Gasteiger partial charge in [0.05, 0.1) is 0 Å². The van der Waals surface area contributed by atoms with E-state index in [1.165, 1.54) is 0 Å². The summed E-state index contributed by atoms with van der Waals surface area (Å²) in [5.41, 5.74) is 0.687. The molecule has 60 valence electrons. The molecule has 0 aliphatic rings. The van der Waals surface area contributed by atoms with Gasteiger partial charge >= 0.3 is 0 Å². The van der Waals surface area contributed by atoms with Crippen molar-refractivity contribution in [2.24, 2.45) is 0 Å². The maximum absolute atomic E-state index is 11.7. The van der Waals surface area contributed by atoms with Crippen LogP contribution in [0.2, 0.25) is 0 Å². The number of hydrogen-bond donors (Lipinski definition) is 2. The zero-order valence-corrected chi connectivity index (χ0v) is 6.76. The van der Waals surface area contributed by atoms with Gasteiger partial charge in [0.2, 0.25) is 0 Å². The Morgan fingerprint density at radius 3 is 2.55 bits per heavy atom. The standard InChI is InChI=1S/C8H9FOS/c9-6-11-8(10)7-4-2-1-3-5-7/h1-5,10-11H,6H2. The Morgan fingerprint density at radius 1 is 1.36 bits per heavy atom. The van der Waals surface area contributed by atoms with E-state index in [0.717, 1.165) is 0 Å². The first-order valence-corrected chi connectivity index (χ1v) is 4.27. The van der Waals surface area contributed by atoms with Crippen LogP contribution in [0.4, 0.5) is 4.39 Å². The van der Waals surface area contributed by atoms with Crippen molar-refractivity contribution in [3.8, 4) is 0 Å². The monoisotopic (exact) mass is 172 g/mol. The third-order valence-electron chi connectivity index (χ3n) is 1.24. The molecular formula is C8H9FOS. The van der Waals surface area contributed by atoms with E-state index in [9.17, 15) is 9.50 Å². The second-order valence-corrected chi connectivity index (χ2v) is 2.95. The van der Waals surface area contributed by atoms with Crippen molar-refractivity contribution in [2.45, 2.75) is 0 Å². The van der Waals surface area contributed by atoms with E-state index >= 15 is 0 Å². The highest BCUT2D eigenvalue weighted by Gasteiger charge is 1.93. The molecule has 1 rings (SSSR count). The summed E-state index contributed by atoms with van der Waals surface area (Å²) < 4.78 is 11.7. The van der Waals surface area contributed by atoms with Crippen molar-refractivity contribution in [1.29, 1.82) is 0 Å². The van der Waals surface area contributed by atoms with Crippen LogP contribution in [0.1, 0.15) is 5.56 Å². The molecule has 0 heterocycles. The van der Waals surface area contributed by atoms with E-state index in [4.69, 9.17) is 0 Å². The highest BCUT2D eigenvalue weighted by Crippen LogP contribution is 2.03. The van der Waals surface area contributed by atoms with Gasteiger partial charge in [-0.1, -0.05) is 30.3 Å². The van der Waals surface area contributed by atoms with E-state index in [-0.39, 0.29) is 5.05 Å². The van der Waals surface area contributed by atoms with Gasteiger partial charge in [0.25, 0.3) is 0 Å². The predicted octanol–water partition coefficient (Wildman–Crippen LogP) is 2.12. The number of rotatable bonds is 2. The lowest BCUT2D eigenvalue weighted by molar-refractivity contribution is 0.568. The first-order chi connectivity index (χ1) is 5.34. The third-order valence-corrected chi connectivity index (χ3v) is 1.92. The van der Waals surface area contributed by atoms with Gasteiger partial charge in [-0.2, -0.15) is 0 Å². The molecule has 0 saturated carbocycles. The van der Waals surface area contributed by atoms with Crippen molar-refractivity contribution in [3.63, 3.8) is 0 Å². The fourth-order valence-corrected chi connectivity index (χ4v) is 1.18. The number of alkyl halides is 1. The van der Waals surface area contributed by atoms with Crippen molar-refractivity contribution in [2.75, 3.05) is 6.01 Å². The van der Waals surface area contributed by atoms with Crippen LogP contribution in [0.3, 0.4) is 0 Å². The second kappa shape index (κ2) is 4.26. The Morgan fingerprint density at radius 2 is 2.00 bits per heavy atom. The van der Waals surface area contributed by atoms with Crippen LogP contribution >= 0.6 is 11.4 Å². The molecule has 1 nitrogen and oxygen atoms in total. The van der Waals surface area contributed by atoms with E-state index in [0.29, 0.717) is 16.9 Å². The van der Waals surface area contributed by atoms with Crippen LogP contribution < -0.4 is 0 Å². The molecule has 0 spiro atoms. The number of aliphatic hydroxyl groups is 1. The van der Waals surface area contributed by atoms with Gasteiger partial charge in [-0.15, -0.1) is 11.4 Å². The van der Waals surface area contributed by atoms with Gasteiger partial charge in [0.1, 0.15) is 11.1 Å². The van der Waals surface area contributed by atoms with Crippen LogP contribution in [0.5, 0.6) is 0 Å². The molecule has 1 aromatic carbocycles. The number of halogens is 1. The summed E-state index contributed by atoms with van der Waals surface area (Å²) >= 11 is 0.331. The fraction of sp³-hybridized carbons (Fsp3) is 0.125. The largest absolute Gasteiger partial charge is 0.355 e. The summed E-state index contributed by atoms with van der Waals surface area (Å²) in [7, 11) is 0. The van der Waals surface area contributed by atoms with E-state index < -0.39 is 6.01 Å². The molecule has 0 aliphatic carbocycles. The number of aliphatic hydroxyl groups excluding tert-OH is 1. The lowest BCUT2D eigenvalue weighted by Gasteiger charge is -1.96. The average molecular weight is 172 g/mol. The lowest BCUT2D eigenvalue weighted by Crippen LogP contribution is -1.94. The molecule has 0 unspecified atom stereocenters. The zero-order valence-electron chi connectivity index (χ0n) is 5.87. The quantitative estimate of drug-likeness (QED) is 0.517. The van der Waals surface area contributed by atoms with Crippen LogP contribution in [-0.2, 0) is 0 Å². The maximum Gasteiger partial charge on any atom is 0.130 e. The molecule has 1 N–H and O–H groups in total. The van der Waals surface area contributed by atoms with Gasteiger partial charge in [0.15, 0.2) is 0 Å². The normalized spacial score (nSPS) is 12.4. The molecule has 0 radical (unpaired) electrons. The molecule has 0 aliphatic heterocycles. The smallest absolute Gasteiger partial charge is 0.130 e. The van der Waals surface area contributed by atoms with Crippen LogP contribution in [-0.4, -0.2) is 16.2 Å². The first-order valence-electron chi connectivity index (χ1n) is 3.19. The summed E-state index contributed by atoms with van der Waals surface area (Å²) in [6.45, 7) is 0. The molecule has 3 heteroatoms. The molecule has 0 aromatic heterocycles. The number of benzene rings is 1. The SMILES string of the molecule is OC(=[SH]CF)c1ccccc1. The predicted molar refractivity (Wildman–Crippen MR) is 48.1 cm³/mol. The maximum atomic E-state index is 11.7. The fourth-order valence-electron chi connectivity index (χ4n) is 0.735. The van der Waals surface area contributed by atoms with Crippen LogP contribution in [0.15, 0.2) is 30.3 Å². The minimum Gasteiger partial charge on any atom is -0.355 e. The zero-order chi connectivity index (χ0) is 8.10. The van der Waals surface area contributed by atoms with Crippen LogP contribution in [0, 0.1) is 0 Å². The molecule has 0 amide bonds. The second-order valence-electron chi connectivity index (χ2n) is 1.97. The van der Waals surface area contributed by atoms with E-state index in [2.05, 4.69) is 0 Å². The van der Waals surface area contributed by atoms with Crippen molar-refractivity contribution < 1.29 is 9.50 Å². The Bertz CT molecular complexity index is 246. The summed E-state index contributed by atoms with van der Waals surface area (Å²) in [6.07, 6.45) is 0. The highest BCUT2D eigenvalue weighted by atomic mass is 32.1. The average Bonchev–Trinajstić information content (AvgIpc) is 2.07. The van der Waals surface area contributed by atoms with Gasteiger partial charge in [-0.3, -0.25) is 0 Å². The summed E-state index contributed by atoms with van der Waals surface area (Å²) in [4.78, 5) is 0. The summed E-state index contributed by atoms with van der Waals surface area (Å²) in [5.74, 6) is 0. The molecule has 11 heavy (non-hydrogen) atoms. The molecule has 1 aromatic rings. The van der Waals surface area contributed by atoms with E-state index in [1.807, 2.05) is 6.07 Å². The van der Waals surface area contributed by atoms with Gasteiger partial charge in [-0.25, -0.2) is 4.39 Å². The highest BCUT2D eigenvalue weighted by molar-refractivity contribution is 7.98. The van der Waals surface area contributed by atoms with Gasteiger partial charge in [-0.05, 0) is 0 Å². The summed E-state index contributed by atoms with van der Waals surface area (Å²) in [5, 5.41) is 9.28. The molecule has 0 saturated heterocycles. The van der Waals surface area contributed by atoms with Crippen molar-refractivity contribution in [1.82, 2.24) is 0 Å². The first kappa shape index (κ1) is 8.43.